The molecule has 4 heterocycles. The number of rotatable bonds is 4. The highest BCUT2D eigenvalue weighted by atomic mass is 16.2. The first kappa shape index (κ1) is 18.6. The first-order chi connectivity index (χ1) is 14.1. The number of carbonyl (C=O) groups excluding carboxylic acids is 2. The third-order valence-electron chi connectivity index (χ3n) is 7.46. The van der Waals surface area contributed by atoms with Crippen molar-refractivity contribution in [2.24, 2.45) is 17.6 Å². The van der Waals surface area contributed by atoms with E-state index < -0.39 is 6.04 Å². The number of hydrogen-bond acceptors (Lipinski definition) is 5. The van der Waals surface area contributed by atoms with Gasteiger partial charge in [0.15, 0.2) is 0 Å². The summed E-state index contributed by atoms with van der Waals surface area (Å²) in [5.41, 5.74) is 7.44. The lowest BCUT2D eigenvalue weighted by molar-refractivity contribution is -0.138. The van der Waals surface area contributed by atoms with Gasteiger partial charge in [0.25, 0.3) is 0 Å². The molecule has 2 N–H and O–H groups in total. The van der Waals surface area contributed by atoms with E-state index in [9.17, 15) is 14.9 Å². The van der Waals surface area contributed by atoms with E-state index in [1.807, 2.05) is 12.1 Å². The normalized spacial score (nSPS) is 35.7. The maximum Gasteiger partial charge on any atom is 0.241 e. The molecule has 7 heteroatoms. The summed E-state index contributed by atoms with van der Waals surface area (Å²) in [6.45, 7) is 0. The van der Waals surface area contributed by atoms with Crippen molar-refractivity contribution in [3.63, 3.8) is 0 Å². The minimum atomic E-state index is -0.564. The number of amides is 2. The average molecular weight is 393 g/mol. The van der Waals surface area contributed by atoms with E-state index >= 15 is 0 Å². The molecule has 2 amide bonds. The zero-order valence-electron chi connectivity index (χ0n) is 16.5. The van der Waals surface area contributed by atoms with Crippen LogP contribution in [0, 0.1) is 23.2 Å². The topological polar surface area (TPSA) is 103 Å². The van der Waals surface area contributed by atoms with Gasteiger partial charge in [-0.1, -0.05) is 0 Å². The van der Waals surface area contributed by atoms with Crippen LogP contribution >= 0.6 is 0 Å². The van der Waals surface area contributed by atoms with Crippen molar-refractivity contribution < 1.29 is 9.59 Å². The molecule has 6 unspecified atom stereocenters. The third-order valence-corrected chi connectivity index (χ3v) is 7.46. The van der Waals surface area contributed by atoms with Gasteiger partial charge < -0.3 is 15.5 Å². The van der Waals surface area contributed by atoms with Crippen molar-refractivity contribution in [2.75, 3.05) is 0 Å². The number of likely N-dealkylation sites (tertiary alicyclic amines) is 1. The van der Waals surface area contributed by atoms with Crippen LogP contribution in [0.2, 0.25) is 0 Å². The Morgan fingerprint density at radius 1 is 1.14 bits per heavy atom. The SMILES string of the molecule is N#CC1CC2CC2N1C(=O)C(N)C1CC2CCC(C1)N2C(=O)Cc1ccncc1. The lowest BCUT2D eigenvalue weighted by Crippen LogP contribution is -2.55. The highest BCUT2D eigenvalue weighted by Crippen LogP contribution is 2.48. The zero-order chi connectivity index (χ0) is 20.1. The summed E-state index contributed by atoms with van der Waals surface area (Å²) >= 11 is 0. The molecule has 3 saturated heterocycles. The number of piperidine rings is 2. The maximum absolute atomic E-state index is 13.1. The Hall–Kier alpha value is -2.46. The van der Waals surface area contributed by atoms with Gasteiger partial charge in [-0.25, -0.2) is 0 Å². The fourth-order valence-corrected chi connectivity index (χ4v) is 5.95. The lowest BCUT2D eigenvalue weighted by Gasteiger charge is -2.41. The molecule has 152 valence electrons. The number of nitrogens with zero attached hydrogens (tertiary/aromatic N) is 4. The monoisotopic (exact) mass is 393 g/mol. The van der Waals surface area contributed by atoms with Gasteiger partial charge in [-0.3, -0.25) is 14.6 Å². The molecule has 29 heavy (non-hydrogen) atoms. The Labute approximate surface area is 170 Å². The molecule has 4 aliphatic rings. The largest absolute Gasteiger partial charge is 0.336 e. The van der Waals surface area contributed by atoms with Gasteiger partial charge in [0.05, 0.1) is 18.5 Å². The van der Waals surface area contributed by atoms with Crippen LogP contribution in [0.15, 0.2) is 24.5 Å². The Morgan fingerprint density at radius 2 is 1.83 bits per heavy atom. The van der Waals surface area contributed by atoms with Gasteiger partial charge >= 0.3 is 0 Å². The third kappa shape index (κ3) is 3.20. The van der Waals surface area contributed by atoms with Gasteiger partial charge in [0.2, 0.25) is 11.8 Å². The van der Waals surface area contributed by atoms with E-state index in [-0.39, 0.29) is 41.9 Å². The molecule has 5 rings (SSSR count). The molecule has 0 spiro atoms. The van der Waals surface area contributed by atoms with Crippen molar-refractivity contribution in [1.29, 1.82) is 5.26 Å². The summed E-state index contributed by atoms with van der Waals surface area (Å²) in [7, 11) is 0. The summed E-state index contributed by atoms with van der Waals surface area (Å²) in [5.74, 6) is 0.691. The Balaban J connectivity index is 1.24. The number of hydrogen-bond donors (Lipinski definition) is 1. The van der Waals surface area contributed by atoms with E-state index in [2.05, 4.69) is 16.0 Å². The number of nitriles is 1. The van der Waals surface area contributed by atoms with Gasteiger partial charge in [0, 0.05) is 30.5 Å². The Kier molecular flexibility index (Phi) is 4.54. The van der Waals surface area contributed by atoms with Gasteiger partial charge in [0.1, 0.15) is 6.04 Å². The van der Waals surface area contributed by atoms with Crippen molar-refractivity contribution in [2.45, 2.75) is 75.2 Å². The van der Waals surface area contributed by atoms with E-state index in [1.165, 1.54) is 0 Å². The maximum atomic E-state index is 13.1. The van der Waals surface area contributed by atoms with E-state index in [4.69, 9.17) is 5.73 Å². The molecule has 3 aliphatic heterocycles. The molecule has 0 radical (unpaired) electrons. The summed E-state index contributed by atoms with van der Waals surface area (Å²) in [6, 6.07) is 5.75. The second-order valence-corrected chi connectivity index (χ2v) is 9.16. The van der Waals surface area contributed by atoms with E-state index in [1.54, 1.807) is 17.3 Å². The quantitative estimate of drug-likeness (QED) is 0.829. The minimum absolute atomic E-state index is 0.0532. The van der Waals surface area contributed by atoms with Crippen molar-refractivity contribution in [1.82, 2.24) is 14.8 Å². The molecule has 1 aliphatic carbocycles. The first-order valence-corrected chi connectivity index (χ1v) is 10.7. The molecule has 0 aromatic carbocycles. The molecule has 1 aromatic heterocycles. The number of fused-ring (bicyclic) bond motifs is 3. The summed E-state index contributed by atoms with van der Waals surface area (Å²) in [4.78, 5) is 33.9. The van der Waals surface area contributed by atoms with Crippen LogP contribution in [0.25, 0.3) is 0 Å². The second kappa shape index (κ2) is 7.10. The lowest BCUT2D eigenvalue weighted by atomic mass is 9.84. The predicted octanol–water partition coefficient (Wildman–Crippen LogP) is 1.23. The van der Waals surface area contributed by atoms with Crippen molar-refractivity contribution in [3.05, 3.63) is 30.1 Å². The molecule has 1 aromatic rings. The predicted molar refractivity (Wildman–Crippen MR) is 105 cm³/mol. The second-order valence-electron chi connectivity index (χ2n) is 9.16. The molecular formula is C22H27N5O2. The van der Waals surface area contributed by atoms with Crippen LogP contribution in [0.3, 0.4) is 0 Å². The molecular weight excluding hydrogens is 366 g/mol. The highest BCUT2D eigenvalue weighted by Gasteiger charge is 2.56. The van der Waals surface area contributed by atoms with E-state index in [0.717, 1.165) is 44.1 Å². The zero-order valence-corrected chi connectivity index (χ0v) is 16.5. The van der Waals surface area contributed by atoms with Crippen molar-refractivity contribution >= 4 is 11.8 Å². The molecule has 4 fully saturated rings. The van der Waals surface area contributed by atoms with Crippen LogP contribution in [0.4, 0.5) is 0 Å². The molecule has 6 atom stereocenters. The van der Waals surface area contributed by atoms with Crippen molar-refractivity contribution in [3.8, 4) is 6.07 Å². The number of pyridine rings is 1. The Bertz CT molecular complexity index is 839. The summed E-state index contributed by atoms with van der Waals surface area (Å²) in [6.07, 6.45) is 9.17. The Morgan fingerprint density at radius 3 is 2.48 bits per heavy atom. The van der Waals surface area contributed by atoms with Crippen LogP contribution in [0.5, 0.6) is 0 Å². The first-order valence-electron chi connectivity index (χ1n) is 10.7. The summed E-state index contributed by atoms with van der Waals surface area (Å²) < 4.78 is 0. The van der Waals surface area contributed by atoms with Gasteiger partial charge in [-0.15, -0.1) is 0 Å². The van der Waals surface area contributed by atoms with Crippen LogP contribution in [0.1, 0.15) is 44.1 Å². The fraction of sp³-hybridized carbons (Fsp3) is 0.636. The minimum Gasteiger partial charge on any atom is -0.336 e. The average Bonchev–Trinajstić information content (AvgIpc) is 3.32. The van der Waals surface area contributed by atoms with Crippen LogP contribution < -0.4 is 5.73 Å². The standard InChI is InChI=1S/C22H27N5O2/c23-12-18-8-14-11-19(14)27(18)22(29)21(24)15-9-16-1-2-17(10-15)26(16)20(28)7-13-3-5-25-6-4-13/h3-6,14-19,21H,1-2,7-11,24H2. The summed E-state index contributed by atoms with van der Waals surface area (Å²) in [5, 5.41) is 9.39. The molecule has 2 bridgehead atoms. The number of aromatic nitrogens is 1. The molecule has 7 nitrogen and oxygen atoms in total. The van der Waals surface area contributed by atoms with Crippen LogP contribution in [-0.2, 0) is 16.0 Å². The molecule has 1 saturated carbocycles. The highest BCUT2D eigenvalue weighted by molar-refractivity contribution is 5.84. The smallest absolute Gasteiger partial charge is 0.241 e. The van der Waals surface area contributed by atoms with Gasteiger partial charge in [-0.2, -0.15) is 5.26 Å². The number of carbonyl (C=O) groups is 2. The van der Waals surface area contributed by atoms with Gasteiger partial charge in [-0.05, 0) is 68.1 Å². The van der Waals surface area contributed by atoms with E-state index in [0.29, 0.717) is 12.3 Å². The fourth-order valence-electron chi connectivity index (χ4n) is 5.95. The number of nitrogens with two attached hydrogens (primary N) is 1. The van der Waals surface area contributed by atoms with Crippen LogP contribution in [-0.4, -0.2) is 56.8 Å².